The Bertz CT molecular complexity index is 837. The first-order chi connectivity index (χ1) is 13.6. The summed E-state index contributed by atoms with van der Waals surface area (Å²) in [5.74, 6) is 0.347. The van der Waals surface area contributed by atoms with Crippen molar-refractivity contribution in [3.8, 4) is 10.4 Å². The molecule has 2 aliphatic heterocycles. The molecule has 1 aromatic heterocycles. The highest BCUT2D eigenvalue weighted by Gasteiger charge is 2.31. The van der Waals surface area contributed by atoms with Crippen molar-refractivity contribution in [2.75, 3.05) is 26.2 Å². The van der Waals surface area contributed by atoms with Crippen molar-refractivity contribution >= 4 is 23.0 Å². The zero-order valence-electron chi connectivity index (χ0n) is 16.5. The summed E-state index contributed by atoms with van der Waals surface area (Å²) in [5, 5.41) is 0. The van der Waals surface area contributed by atoms with Crippen molar-refractivity contribution in [2.45, 2.75) is 45.1 Å². The molecular formula is C23H28N2O2S. The van der Waals surface area contributed by atoms with Crippen LogP contribution in [-0.4, -0.2) is 53.7 Å². The molecule has 2 saturated heterocycles. The van der Waals surface area contributed by atoms with E-state index in [-0.39, 0.29) is 11.7 Å². The van der Waals surface area contributed by atoms with Crippen molar-refractivity contribution < 1.29 is 9.59 Å². The van der Waals surface area contributed by atoms with Crippen LogP contribution in [0.1, 0.15) is 47.8 Å². The van der Waals surface area contributed by atoms with Crippen LogP contribution in [0.15, 0.2) is 36.4 Å². The van der Waals surface area contributed by atoms with Gasteiger partial charge in [0.25, 0.3) is 5.91 Å². The van der Waals surface area contributed by atoms with Gasteiger partial charge in [0.05, 0.1) is 0 Å². The Kier molecular flexibility index (Phi) is 5.93. The maximum Gasteiger partial charge on any atom is 0.254 e. The molecule has 0 aliphatic carbocycles. The number of hydrogen-bond donors (Lipinski definition) is 0. The highest BCUT2D eigenvalue weighted by Crippen LogP contribution is 2.29. The molecule has 0 spiro atoms. The fraction of sp³-hybridized carbons (Fsp3) is 0.478. The van der Waals surface area contributed by atoms with Crippen LogP contribution in [0, 0.1) is 0 Å². The van der Waals surface area contributed by atoms with Crippen LogP contribution >= 0.6 is 11.3 Å². The average Bonchev–Trinajstić information content (AvgIpc) is 3.43. The second-order valence-electron chi connectivity index (χ2n) is 8.02. The van der Waals surface area contributed by atoms with Gasteiger partial charge in [0.1, 0.15) is 5.78 Å². The number of hydrogen-bond acceptors (Lipinski definition) is 4. The quantitative estimate of drug-likeness (QED) is 0.733. The molecule has 4 nitrogen and oxygen atoms in total. The molecule has 0 bridgehead atoms. The van der Waals surface area contributed by atoms with E-state index < -0.39 is 0 Å². The minimum atomic E-state index is 0.164. The molecule has 3 heterocycles. The van der Waals surface area contributed by atoms with Crippen LogP contribution in [-0.2, 0) is 11.2 Å². The normalized spacial score (nSPS) is 20.0. The summed E-state index contributed by atoms with van der Waals surface area (Å²) in [4.78, 5) is 31.2. The molecule has 1 amide bonds. The molecule has 2 fully saturated rings. The lowest BCUT2D eigenvalue weighted by molar-refractivity contribution is -0.116. The number of rotatable bonds is 6. The number of carbonyl (C=O) groups excluding carboxylic acids is 2. The van der Waals surface area contributed by atoms with Gasteiger partial charge in [-0.1, -0.05) is 12.1 Å². The average molecular weight is 397 g/mol. The maximum absolute atomic E-state index is 13.1. The molecule has 5 heteroatoms. The summed E-state index contributed by atoms with van der Waals surface area (Å²) < 4.78 is 0. The number of carbonyl (C=O) groups is 2. The fourth-order valence-corrected chi connectivity index (χ4v) is 5.46. The third-order valence-electron chi connectivity index (χ3n) is 5.81. The van der Waals surface area contributed by atoms with E-state index in [4.69, 9.17) is 0 Å². The zero-order valence-corrected chi connectivity index (χ0v) is 17.3. The summed E-state index contributed by atoms with van der Waals surface area (Å²) in [6.07, 6.45) is 5.30. The number of nitrogens with zero attached hydrogens (tertiary/aromatic N) is 2. The van der Waals surface area contributed by atoms with Crippen LogP contribution < -0.4 is 0 Å². The fourth-order valence-electron chi connectivity index (χ4n) is 4.37. The SMILES string of the molecule is CC(=O)Cc1ccc(-c2ccc(C(=O)N3CCCC3CN3CCCC3)cc2)s1. The molecular weight excluding hydrogens is 368 g/mol. The molecule has 2 aliphatic rings. The highest BCUT2D eigenvalue weighted by atomic mass is 32.1. The number of ketones is 1. The lowest BCUT2D eigenvalue weighted by Crippen LogP contribution is -2.42. The molecule has 1 unspecified atom stereocenters. The van der Waals surface area contributed by atoms with E-state index in [2.05, 4.69) is 15.9 Å². The van der Waals surface area contributed by atoms with E-state index in [9.17, 15) is 9.59 Å². The van der Waals surface area contributed by atoms with Crippen LogP contribution in [0.2, 0.25) is 0 Å². The van der Waals surface area contributed by atoms with E-state index in [1.807, 2.05) is 30.3 Å². The van der Waals surface area contributed by atoms with E-state index in [0.717, 1.165) is 46.8 Å². The van der Waals surface area contributed by atoms with Crippen LogP contribution in [0.25, 0.3) is 10.4 Å². The number of Topliss-reactive ketones (excluding diaryl/α,β-unsaturated/α-hetero) is 1. The molecule has 0 radical (unpaired) electrons. The predicted octanol–water partition coefficient (Wildman–Crippen LogP) is 4.25. The van der Waals surface area contributed by atoms with Gasteiger partial charge in [0.15, 0.2) is 0 Å². The second-order valence-corrected chi connectivity index (χ2v) is 9.19. The second kappa shape index (κ2) is 8.58. The summed E-state index contributed by atoms with van der Waals surface area (Å²) in [7, 11) is 0. The zero-order chi connectivity index (χ0) is 19.5. The van der Waals surface area contributed by atoms with Crippen LogP contribution in [0.4, 0.5) is 0 Å². The topological polar surface area (TPSA) is 40.6 Å². The van der Waals surface area contributed by atoms with E-state index >= 15 is 0 Å². The summed E-state index contributed by atoms with van der Waals surface area (Å²) in [5.41, 5.74) is 1.88. The maximum atomic E-state index is 13.1. The van der Waals surface area contributed by atoms with Crippen molar-refractivity contribution in [3.05, 3.63) is 46.8 Å². The Hall–Kier alpha value is -1.98. The Morgan fingerprint density at radius 2 is 1.75 bits per heavy atom. The Labute approximate surface area is 171 Å². The van der Waals surface area contributed by atoms with E-state index in [1.54, 1.807) is 18.3 Å². The van der Waals surface area contributed by atoms with Crippen molar-refractivity contribution in [1.82, 2.24) is 9.80 Å². The minimum Gasteiger partial charge on any atom is -0.334 e. The van der Waals surface area contributed by atoms with Crippen molar-refractivity contribution in [3.63, 3.8) is 0 Å². The number of amides is 1. The van der Waals surface area contributed by atoms with Crippen molar-refractivity contribution in [2.24, 2.45) is 0 Å². The smallest absolute Gasteiger partial charge is 0.254 e. The van der Waals surface area contributed by atoms with Gasteiger partial charge >= 0.3 is 0 Å². The molecule has 4 rings (SSSR count). The number of thiophene rings is 1. The van der Waals surface area contributed by atoms with E-state index in [0.29, 0.717) is 12.5 Å². The minimum absolute atomic E-state index is 0.164. The highest BCUT2D eigenvalue weighted by molar-refractivity contribution is 7.15. The Morgan fingerprint density at radius 3 is 2.46 bits per heavy atom. The third kappa shape index (κ3) is 4.36. The van der Waals surface area contributed by atoms with Gasteiger partial charge in [-0.05, 0) is 75.5 Å². The standard InChI is InChI=1S/C23H28N2O2S/c1-17(26)15-21-10-11-22(28-21)18-6-8-19(9-7-18)23(27)25-14-4-5-20(25)16-24-12-2-3-13-24/h6-11,20H,2-5,12-16H2,1H3. The first-order valence-electron chi connectivity index (χ1n) is 10.3. The number of likely N-dealkylation sites (tertiary alicyclic amines) is 2. The molecule has 0 saturated carbocycles. The summed E-state index contributed by atoms with van der Waals surface area (Å²) in [6.45, 7) is 5.88. The van der Waals surface area contributed by atoms with Gasteiger partial charge in [0, 0.05) is 40.9 Å². The molecule has 1 aromatic carbocycles. The van der Waals surface area contributed by atoms with Crippen molar-refractivity contribution in [1.29, 1.82) is 0 Å². The van der Waals surface area contributed by atoms with Gasteiger partial charge < -0.3 is 9.80 Å². The first kappa shape index (κ1) is 19.3. The third-order valence-corrected chi connectivity index (χ3v) is 6.94. The van der Waals surface area contributed by atoms with Gasteiger partial charge in [0.2, 0.25) is 0 Å². The monoisotopic (exact) mass is 396 g/mol. The van der Waals surface area contributed by atoms with E-state index in [1.165, 1.54) is 25.9 Å². The molecule has 2 aromatic rings. The van der Waals surface area contributed by atoms with Gasteiger partial charge in [-0.25, -0.2) is 0 Å². The molecule has 148 valence electrons. The van der Waals surface area contributed by atoms with Crippen LogP contribution in [0.5, 0.6) is 0 Å². The summed E-state index contributed by atoms with van der Waals surface area (Å²) in [6, 6.07) is 12.4. The largest absolute Gasteiger partial charge is 0.334 e. The predicted molar refractivity (Wildman–Crippen MR) is 114 cm³/mol. The molecule has 1 atom stereocenters. The Morgan fingerprint density at radius 1 is 1.00 bits per heavy atom. The molecule has 0 N–H and O–H groups in total. The van der Waals surface area contributed by atoms with Gasteiger partial charge in [-0.15, -0.1) is 11.3 Å². The Balaban J connectivity index is 1.43. The van der Waals surface area contributed by atoms with Gasteiger partial charge in [-0.3, -0.25) is 9.59 Å². The molecule has 28 heavy (non-hydrogen) atoms. The van der Waals surface area contributed by atoms with Gasteiger partial charge in [-0.2, -0.15) is 0 Å². The number of benzene rings is 1. The first-order valence-corrected chi connectivity index (χ1v) is 11.1. The van der Waals surface area contributed by atoms with Crippen LogP contribution in [0.3, 0.4) is 0 Å². The lowest BCUT2D eigenvalue weighted by atomic mass is 10.1. The summed E-state index contributed by atoms with van der Waals surface area (Å²) >= 11 is 1.65. The lowest BCUT2D eigenvalue weighted by Gasteiger charge is -2.28.